The highest BCUT2D eigenvalue weighted by Gasteiger charge is 2.26. The van der Waals surface area contributed by atoms with Gasteiger partial charge in [0.25, 0.3) is 5.91 Å². The number of aliphatic hydroxyl groups is 1. The number of amides is 3. The molecule has 0 aromatic heterocycles. The molecule has 8 N–H and O–H groups in total. The molecule has 1 aliphatic heterocycles. The standard InChI is InChI=1S/C18H26FN5O11S2/c19-9-6-24(17(32)23-14(9)28)8-35-18(33)34-3-4-36-37-7-11(15(29)21-5-13(26)27)22-12(25)2-1-10(20)16(30)31/h6,10-11,17,32H,1-5,7-8,20H2,(H,21,29)(H,22,25)(H,23,28)(H,26,27)(H,30,31). The van der Waals surface area contributed by atoms with Crippen molar-refractivity contribution in [1.82, 2.24) is 20.9 Å². The van der Waals surface area contributed by atoms with Crippen molar-refractivity contribution in [1.29, 1.82) is 0 Å². The second kappa shape index (κ2) is 16.5. The molecule has 0 radical (unpaired) electrons. The number of rotatable bonds is 16. The predicted octanol–water partition coefficient (Wildman–Crippen LogP) is -2.13. The smallest absolute Gasteiger partial charge is 0.480 e. The van der Waals surface area contributed by atoms with Crippen molar-refractivity contribution in [2.24, 2.45) is 5.73 Å². The molecule has 208 valence electrons. The van der Waals surface area contributed by atoms with Crippen LogP contribution in [0, 0.1) is 0 Å². The van der Waals surface area contributed by atoms with Gasteiger partial charge in [0.15, 0.2) is 6.73 Å². The first-order chi connectivity index (χ1) is 17.4. The molecule has 0 bridgehead atoms. The fourth-order valence-corrected chi connectivity index (χ4v) is 4.29. The first-order valence-corrected chi connectivity index (χ1v) is 12.8. The van der Waals surface area contributed by atoms with Crippen molar-refractivity contribution >= 4 is 57.4 Å². The molecule has 0 spiro atoms. The molecule has 1 rings (SSSR count). The van der Waals surface area contributed by atoms with Gasteiger partial charge in [0, 0.05) is 24.1 Å². The maximum atomic E-state index is 13.2. The highest BCUT2D eigenvalue weighted by atomic mass is 33.1. The summed E-state index contributed by atoms with van der Waals surface area (Å²) in [6.45, 7) is -1.43. The highest BCUT2D eigenvalue weighted by Crippen LogP contribution is 2.22. The van der Waals surface area contributed by atoms with Crippen molar-refractivity contribution < 1.29 is 58.0 Å². The number of hydrogen-bond acceptors (Lipinski definition) is 13. The van der Waals surface area contributed by atoms with E-state index in [-0.39, 0.29) is 31.0 Å². The molecule has 1 heterocycles. The maximum Gasteiger partial charge on any atom is 0.510 e. The van der Waals surface area contributed by atoms with Crippen LogP contribution in [0.4, 0.5) is 9.18 Å². The van der Waals surface area contributed by atoms with Crippen LogP contribution >= 0.6 is 21.6 Å². The topological polar surface area (TPSA) is 247 Å². The molecule has 0 aromatic rings. The summed E-state index contributed by atoms with van der Waals surface area (Å²) < 4.78 is 22.7. The SMILES string of the molecule is NC(CCC(=O)NC(CSSCCOC(=O)OCN1C=C(F)C(=O)NC1O)C(=O)NCC(=O)O)C(=O)O. The van der Waals surface area contributed by atoms with E-state index < -0.39 is 73.4 Å². The molecule has 0 saturated heterocycles. The summed E-state index contributed by atoms with van der Waals surface area (Å²) in [6.07, 6.45) is -2.52. The number of nitrogens with two attached hydrogens (primary N) is 1. The third-order valence-electron chi connectivity index (χ3n) is 4.17. The van der Waals surface area contributed by atoms with E-state index in [1.807, 2.05) is 5.32 Å². The molecule has 37 heavy (non-hydrogen) atoms. The van der Waals surface area contributed by atoms with Gasteiger partial charge >= 0.3 is 18.1 Å². The normalized spacial score (nSPS) is 16.5. The van der Waals surface area contributed by atoms with E-state index in [0.29, 0.717) is 6.20 Å². The predicted molar refractivity (Wildman–Crippen MR) is 125 cm³/mol. The summed E-state index contributed by atoms with van der Waals surface area (Å²) in [6, 6.07) is -2.40. The monoisotopic (exact) mass is 571 g/mol. The Bertz CT molecular complexity index is 894. The number of aliphatic carboxylic acids is 2. The van der Waals surface area contributed by atoms with E-state index >= 15 is 0 Å². The number of nitrogens with zero attached hydrogens (tertiary/aromatic N) is 1. The second-order valence-electron chi connectivity index (χ2n) is 7.03. The summed E-state index contributed by atoms with van der Waals surface area (Å²) in [5.41, 5.74) is 5.34. The minimum Gasteiger partial charge on any atom is -0.480 e. The zero-order valence-corrected chi connectivity index (χ0v) is 20.7. The molecular weight excluding hydrogens is 545 g/mol. The van der Waals surface area contributed by atoms with E-state index in [2.05, 4.69) is 15.4 Å². The van der Waals surface area contributed by atoms with Gasteiger partial charge in [-0.2, -0.15) is 4.39 Å². The summed E-state index contributed by atoms with van der Waals surface area (Å²) >= 11 is 0. The van der Waals surface area contributed by atoms with Crippen molar-refractivity contribution in [2.45, 2.75) is 31.3 Å². The highest BCUT2D eigenvalue weighted by molar-refractivity contribution is 8.76. The van der Waals surface area contributed by atoms with Crippen LogP contribution in [0.15, 0.2) is 12.0 Å². The fourth-order valence-electron chi connectivity index (χ4n) is 2.30. The molecule has 3 amide bonds. The van der Waals surface area contributed by atoms with Crippen LogP contribution in [-0.4, -0.2) is 106 Å². The lowest BCUT2D eigenvalue weighted by Crippen LogP contribution is -2.50. The summed E-state index contributed by atoms with van der Waals surface area (Å²) in [4.78, 5) is 69.1. The van der Waals surface area contributed by atoms with Gasteiger partial charge in [-0.25, -0.2) is 4.79 Å². The quantitative estimate of drug-likeness (QED) is 0.0594. The summed E-state index contributed by atoms with van der Waals surface area (Å²) in [7, 11) is 2.24. The van der Waals surface area contributed by atoms with E-state index in [1.54, 1.807) is 0 Å². The number of nitrogens with one attached hydrogen (secondary N) is 3. The first-order valence-electron chi connectivity index (χ1n) is 10.3. The number of hydrogen-bond donors (Lipinski definition) is 7. The Kier molecular flexibility index (Phi) is 14.1. The Hall–Kier alpha value is -3.29. The van der Waals surface area contributed by atoms with E-state index in [1.165, 1.54) is 0 Å². The van der Waals surface area contributed by atoms with Crippen LogP contribution in [-0.2, 0) is 33.4 Å². The van der Waals surface area contributed by atoms with E-state index in [4.69, 9.17) is 20.7 Å². The summed E-state index contributed by atoms with van der Waals surface area (Å²) in [5.74, 6) is -6.11. The lowest BCUT2D eigenvalue weighted by Gasteiger charge is -2.29. The van der Waals surface area contributed by atoms with Crippen molar-refractivity contribution in [2.75, 3.05) is 31.4 Å². The molecule has 3 atom stereocenters. The Labute approximate surface area is 216 Å². The number of carboxylic acid groups (broad SMARTS) is 2. The molecule has 0 aliphatic carbocycles. The second-order valence-corrected chi connectivity index (χ2v) is 9.66. The minimum absolute atomic E-state index is 0.00619. The zero-order chi connectivity index (χ0) is 28.0. The number of carbonyl (C=O) groups excluding carboxylic acids is 4. The first kappa shape index (κ1) is 31.7. The molecule has 16 nitrogen and oxygen atoms in total. The van der Waals surface area contributed by atoms with Gasteiger partial charge in [-0.1, -0.05) is 21.6 Å². The molecule has 0 aromatic carbocycles. The Morgan fingerprint density at radius 2 is 1.92 bits per heavy atom. The molecular formula is C18H26FN5O11S2. The average Bonchev–Trinajstić information content (AvgIpc) is 2.83. The fraction of sp³-hybridized carbons (Fsp3) is 0.556. The van der Waals surface area contributed by atoms with Crippen LogP contribution < -0.4 is 21.7 Å². The van der Waals surface area contributed by atoms with Gasteiger partial charge in [-0.05, 0) is 6.42 Å². The molecule has 0 fully saturated rings. The Balaban J connectivity index is 2.38. The van der Waals surface area contributed by atoms with Crippen LogP contribution in [0.25, 0.3) is 0 Å². The van der Waals surface area contributed by atoms with Crippen molar-refractivity contribution in [3.8, 4) is 0 Å². The van der Waals surface area contributed by atoms with E-state index in [0.717, 1.165) is 26.5 Å². The van der Waals surface area contributed by atoms with Gasteiger partial charge < -0.3 is 46.5 Å². The Morgan fingerprint density at radius 1 is 1.22 bits per heavy atom. The van der Waals surface area contributed by atoms with Crippen LogP contribution in [0.2, 0.25) is 0 Å². The number of halogens is 1. The van der Waals surface area contributed by atoms with Gasteiger partial charge in [0.1, 0.15) is 25.2 Å². The van der Waals surface area contributed by atoms with Crippen molar-refractivity contribution in [3.63, 3.8) is 0 Å². The maximum absolute atomic E-state index is 13.2. The molecule has 0 saturated carbocycles. The number of carbonyl (C=O) groups is 6. The van der Waals surface area contributed by atoms with Gasteiger partial charge in [0.2, 0.25) is 24.0 Å². The Morgan fingerprint density at radius 3 is 2.57 bits per heavy atom. The van der Waals surface area contributed by atoms with Gasteiger partial charge in [0.05, 0.1) is 0 Å². The minimum atomic E-state index is -1.60. The van der Waals surface area contributed by atoms with Crippen LogP contribution in [0.1, 0.15) is 12.8 Å². The summed E-state index contributed by atoms with van der Waals surface area (Å²) in [5, 5.41) is 33.4. The van der Waals surface area contributed by atoms with Crippen LogP contribution in [0.5, 0.6) is 0 Å². The van der Waals surface area contributed by atoms with Gasteiger partial charge in [-0.15, -0.1) is 0 Å². The van der Waals surface area contributed by atoms with E-state index in [9.17, 15) is 38.3 Å². The third-order valence-corrected chi connectivity index (χ3v) is 6.55. The van der Waals surface area contributed by atoms with Crippen LogP contribution in [0.3, 0.4) is 0 Å². The number of aliphatic hydroxyl groups excluding tert-OH is 1. The third kappa shape index (κ3) is 13.0. The molecule has 19 heteroatoms. The molecule has 3 unspecified atom stereocenters. The molecule has 1 aliphatic rings. The lowest BCUT2D eigenvalue weighted by molar-refractivity contribution is -0.139. The number of carboxylic acids is 2. The number of ether oxygens (including phenoxy) is 2. The zero-order valence-electron chi connectivity index (χ0n) is 19.1. The largest absolute Gasteiger partial charge is 0.510 e. The van der Waals surface area contributed by atoms with Crippen molar-refractivity contribution in [3.05, 3.63) is 12.0 Å². The average molecular weight is 572 g/mol. The lowest BCUT2D eigenvalue weighted by atomic mass is 10.1. The van der Waals surface area contributed by atoms with Gasteiger partial charge in [-0.3, -0.25) is 28.9 Å².